The van der Waals surface area contributed by atoms with E-state index in [2.05, 4.69) is 84.9 Å². The minimum atomic E-state index is 0.158. The number of anilines is 1. The third-order valence-corrected chi connectivity index (χ3v) is 8.68. The summed E-state index contributed by atoms with van der Waals surface area (Å²) in [6, 6.07) is 19.2. The number of nitrogens with zero attached hydrogens (tertiary/aromatic N) is 5. The van der Waals surface area contributed by atoms with Crippen molar-refractivity contribution in [2.75, 3.05) is 4.90 Å². The molecule has 0 saturated carbocycles. The highest BCUT2D eigenvalue weighted by atomic mass is 15.2. The molecule has 2 heterocycles. The first-order valence-electron chi connectivity index (χ1n) is 14.1. The number of rotatable bonds is 4. The van der Waals surface area contributed by atoms with Gasteiger partial charge in [0.25, 0.3) is 0 Å². The van der Waals surface area contributed by atoms with Crippen LogP contribution < -0.4 is 4.90 Å². The maximum atomic E-state index is 10.1. The maximum absolute atomic E-state index is 10.1. The fraction of sp³-hybridized carbons (Fsp3) is 0.286. The van der Waals surface area contributed by atoms with E-state index in [-0.39, 0.29) is 6.04 Å². The second kappa shape index (κ2) is 10.1. The van der Waals surface area contributed by atoms with E-state index < -0.39 is 0 Å². The average molecular weight is 522 g/mol. The molecule has 2 aromatic carbocycles. The predicted octanol–water partition coefficient (Wildman–Crippen LogP) is 8.00. The highest BCUT2D eigenvalue weighted by Crippen LogP contribution is 2.49. The molecule has 0 fully saturated rings. The molecule has 0 spiro atoms. The van der Waals surface area contributed by atoms with Gasteiger partial charge in [0.15, 0.2) is 0 Å². The number of aromatic nitrogens is 1. The Kier molecular flexibility index (Phi) is 6.42. The van der Waals surface area contributed by atoms with Gasteiger partial charge in [-0.05, 0) is 98.2 Å². The lowest BCUT2D eigenvalue weighted by Gasteiger charge is -2.35. The topological polar surface area (TPSA) is 79.5 Å². The summed E-state index contributed by atoms with van der Waals surface area (Å²) in [7, 11) is 0. The summed E-state index contributed by atoms with van der Waals surface area (Å²) in [4.78, 5) is 2.43. The lowest BCUT2D eigenvalue weighted by Crippen LogP contribution is -2.37. The monoisotopic (exact) mass is 521 g/mol. The van der Waals surface area contributed by atoms with Gasteiger partial charge in [-0.3, -0.25) is 0 Å². The van der Waals surface area contributed by atoms with E-state index in [1.54, 1.807) is 0 Å². The zero-order valence-electron chi connectivity index (χ0n) is 23.1. The van der Waals surface area contributed by atoms with E-state index >= 15 is 0 Å². The van der Waals surface area contributed by atoms with Crippen LogP contribution in [0.15, 0.2) is 77.5 Å². The standard InChI is InChI=1S/C35H31N5/c1-4-5-8-31-23(3)29-16-24(19-36)10-12-32(29)39(31)27-14-26(21-38)15-28(18-27)40-33-13-11-25(20-37)17-30(33)35-22(2)7-6-9-34(35)40/h5-6,8-10,12,14-18,22,34-35H,4,7,11,13H2,1-3H3/b8-5-. The summed E-state index contributed by atoms with van der Waals surface area (Å²) in [5, 5.41) is 30.4. The normalized spacial score (nSPS) is 21.6. The Balaban J connectivity index is 1.59. The molecule has 3 unspecified atom stereocenters. The van der Waals surface area contributed by atoms with Crippen LogP contribution in [0.4, 0.5) is 5.69 Å². The molecular formula is C35H31N5. The number of hydrogen-bond acceptors (Lipinski definition) is 4. The summed E-state index contributed by atoms with van der Waals surface area (Å²) in [5.74, 6) is 0.786. The van der Waals surface area contributed by atoms with Crippen LogP contribution in [0.5, 0.6) is 0 Å². The molecule has 5 heteroatoms. The summed E-state index contributed by atoms with van der Waals surface area (Å²) in [6.07, 6.45) is 14.5. The molecule has 0 saturated heterocycles. The molecule has 3 aromatic rings. The zero-order valence-corrected chi connectivity index (χ0v) is 23.1. The van der Waals surface area contributed by atoms with Crippen LogP contribution in [-0.4, -0.2) is 10.6 Å². The van der Waals surface area contributed by atoms with Crippen LogP contribution in [0.25, 0.3) is 22.7 Å². The second-order valence-electron chi connectivity index (χ2n) is 11.1. The van der Waals surface area contributed by atoms with Gasteiger partial charge in [-0.2, -0.15) is 15.8 Å². The van der Waals surface area contributed by atoms with Crippen molar-refractivity contribution < 1.29 is 0 Å². The van der Waals surface area contributed by atoms with Gasteiger partial charge in [0.2, 0.25) is 0 Å². The van der Waals surface area contributed by atoms with Crippen molar-refractivity contribution in [3.8, 4) is 23.9 Å². The van der Waals surface area contributed by atoms with E-state index in [0.29, 0.717) is 23.0 Å². The lowest BCUT2D eigenvalue weighted by atomic mass is 9.76. The molecule has 1 aromatic heterocycles. The van der Waals surface area contributed by atoms with Crippen LogP contribution in [0, 0.1) is 52.8 Å². The maximum Gasteiger partial charge on any atom is 0.0993 e. The van der Waals surface area contributed by atoms with E-state index in [0.717, 1.165) is 64.8 Å². The Hall–Kier alpha value is -4.79. The third-order valence-electron chi connectivity index (χ3n) is 8.68. The molecule has 0 bridgehead atoms. The molecule has 196 valence electrons. The van der Waals surface area contributed by atoms with E-state index in [9.17, 15) is 15.8 Å². The number of nitriles is 3. The van der Waals surface area contributed by atoms with Crippen LogP contribution >= 0.6 is 0 Å². The SMILES string of the molecule is CC/C=C\c1c(C)c2cc(C#N)ccc2n1-c1cc(C#N)cc(N2C3=C(C=C(C#N)CC3)C3C(C)CC=CC32)c1. The van der Waals surface area contributed by atoms with Crippen LogP contribution in [0.1, 0.15) is 61.9 Å². The van der Waals surface area contributed by atoms with Gasteiger partial charge in [-0.1, -0.05) is 32.1 Å². The van der Waals surface area contributed by atoms with Crippen molar-refractivity contribution in [2.45, 2.75) is 52.5 Å². The smallest absolute Gasteiger partial charge is 0.0993 e. The second-order valence-corrected chi connectivity index (χ2v) is 11.1. The predicted molar refractivity (Wildman–Crippen MR) is 159 cm³/mol. The first-order chi connectivity index (χ1) is 19.5. The molecule has 0 amide bonds. The van der Waals surface area contributed by atoms with Crippen molar-refractivity contribution in [1.82, 2.24) is 4.57 Å². The molecule has 3 aliphatic rings. The van der Waals surface area contributed by atoms with Gasteiger partial charge in [0.05, 0.1) is 40.9 Å². The molecule has 1 aliphatic heterocycles. The fourth-order valence-electron chi connectivity index (χ4n) is 6.83. The molecule has 0 radical (unpaired) electrons. The highest BCUT2D eigenvalue weighted by molar-refractivity contribution is 5.91. The molecule has 6 rings (SSSR count). The minimum Gasteiger partial charge on any atom is -0.337 e. The molecule has 0 N–H and O–H groups in total. The van der Waals surface area contributed by atoms with E-state index in [4.69, 9.17) is 0 Å². The zero-order chi connectivity index (χ0) is 28.0. The minimum absolute atomic E-state index is 0.158. The summed E-state index contributed by atoms with van der Waals surface area (Å²) in [6.45, 7) is 6.52. The van der Waals surface area contributed by atoms with Crippen molar-refractivity contribution in [1.29, 1.82) is 15.8 Å². The number of allylic oxidation sites excluding steroid dienone is 5. The Morgan fingerprint density at radius 1 is 0.975 bits per heavy atom. The summed E-state index contributed by atoms with van der Waals surface area (Å²) < 4.78 is 2.22. The number of fused-ring (bicyclic) bond motifs is 3. The van der Waals surface area contributed by atoms with Gasteiger partial charge < -0.3 is 9.47 Å². The number of aryl methyl sites for hydroxylation is 1. The van der Waals surface area contributed by atoms with E-state index in [1.165, 1.54) is 11.3 Å². The largest absolute Gasteiger partial charge is 0.337 e. The number of hydrogen-bond donors (Lipinski definition) is 0. The molecule has 3 atom stereocenters. The number of benzene rings is 2. The van der Waals surface area contributed by atoms with Gasteiger partial charge >= 0.3 is 0 Å². The summed E-state index contributed by atoms with van der Waals surface area (Å²) in [5.41, 5.74) is 9.74. The Morgan fingerprint density at radius 2 is 1.77 bits per heavy atom. The first-order valence-corrected chi connectivity index (χ1v) is 14.1. The Morgan fingerprint density at radius 3 is 2.52 bits per heavy atom. The Bertz CT molecular complexity index is 1790. The van der Waals surface area contributed by atoms with Gasteiger partial charge in [0.1, 0.15) is 0 Å². The molecule has 40 heavy (non-hydrogen) atoms. The van der Waals surface area contributed by atoms with Crippen molar-refractivity contribution in [3.05, 3.63) is 99.9 Å². The molecular weight excluding hydrogens is 490 g/mol. The van der Waals surface area contributed by atoms with Crippen molar-refractivity contribution in [2.24, 2.45) is 11.8 Å². The molecule has 5 nitrogen and oxygen atoms in total. The fourth-order valence-corrected chi connectivity index (χ4v) is 6.83. The molecule has 2 aliphatic carbocycles. The van der Waals surface area contributed by atoms with Crippen LogP contribution in [0.2, 0.25) is 0 Å². The quantitative estimate of drug-likeness (QED) is 0.326. The van der Waals surface area contributed by atoms with Gasteiger partial charge in [0, 0.05) is 39.6 Å². The van der Waals surface area contributed by atoms with Crippen molar-refractivity contribution in [3.63, 3.8) is 0 Å². The van der Waals surface area contributed by atoms with Crippen LogP contribution in [-0.2, 0) is 0 Å². The lowest BCUT2D eigenvalue weighted by molar-refractivity contribution is 0.384. The highest BCUT2D eigenvalue weighted by Gasteiger charge is 2.44. The van der Waals surface area contributed by atoms with Gasteiger partial charge in [-0.15, -0.1) is 0 Å². The summed E-state index contributed by atoms with van der Waals surface area (Å²) >= 11 is 0. The van der Waals surface area contributed by atoms with Crippen LogP contribution in [0.3, 0.4) is 0 Å². The first kappa shape index (κ1) is 25.5. The third kappa shape index (κ3) is 3.97. The van der Waals surface area contributed by atoms with E-state index in [1.807, 2.05) is 30.3 Å². The Labute approximate surface area is 235 Å². The van der Waals surface area contributed by atoms with Crippen molar-refractivity contribution >= 4 is 22.7 Å². The average Bonchev–Trinajstić information content (AvgIpc) is 3.47. The van der Waals surface area contributed by atoms with Gasteiger partial charge in [-0.25, -0.2) is 0 Å².